The molecule has 0 unspecified atom stereocenters. The van der Waals surface area contributed by atoms with Crippen molar-refractivity contribution in [1.82, 2.24) is 0 Å². The molecule has 0 aromatic rings. The van der Waals surface area contributed by atoms with E-state index in [1.165, 1.54) is 0 Å². The molecule has 0 aliphatic carbocycles. The Kier molecular flexibility index (Phi) is 29.8. The van der Waals surface area contributed by atoms with Gasteiger partial charge in [0.05, 0.1) is 0 Å². The summed E-state index contributed by atoms with van der Waals surface area (Å²) in [5.74, 6) is 0.722. The van der Waals surface area contributed by atoms with Crippen molar-refractivity contribution in [3.8, 4) is 0 Å². The van der Waals surface area contributed by atoms with E-state index in [0.717, 1.165) is 12.4 Å². The highest BCUT2D eigenvalue weighted by atomic mass is 35.5. The Bertz CT molecular complexity index is 9.51. The molecule has 0 radical (unpaired) electrons. The molecule has 0 aliphatic heterocycles. The predicted molar refractivity (Wildman–Crippen MR) is 31.1 cm³/mol. The van der Waals surface area contributed by atoms with Gasteiger partial charge in [0.1, 0.15) is 0 Å². The molecule has 0 fully saturated rings. The van der Waals surface area contributed by atoms with Crippen molar-refractivity contribution in [2.75, 3.05) is 12.4 Å². The van der Waals surface area contributed by atoms with Crippen molar-refractivity contribution in [1.29, 1.82) is 0 Å². The summed E-state index contributed by atoms with van der Waals surface area (Å²) in [6.07, 6.45) is 0. The summed E-state index contributed by atoms with van der Waals surface area (Å²) in [5, 5.41) is 0. The highest BCUT2D eigenvalue weighted by Crippen LogP contribution is 1.59. The minimum atomic E-state index is 0.722. The molecule has 0 atom stereocenters. The second-order valence-corrected chi connectivity index (χ2v) is 1.21. The van der Waals surface area contributed by atoms with Crippen molar-refractivity contribution in [3.05, 3.63) is 0 Å². The average Bonchev–Trinajstić information content (AvgIpc) is 1.39. The van der Waals surface area contributed by atoms with Gasteiger partial charge < -0.3 is 5.73 Å². The monoisotopic (exact) mass is 109 g/mol. The number of nitrogens with two attached hydrogens (primary N) is 1. The zero-order chi connectivity index (χ0) is 5.41. The van der Waals surface area contributed by atoms with Crippen LogP contribution < -0.4 is 5.73 Å². The van der Waals surface area contributed by atoms with Crippen LogP contribution in [-0.2, 0) is 0 Å². The van der Waals surface area contributed by atoms with Crippen molar-refractivity contribution in [2.45, 2.75) is 13.8 Å². The smallest absolute Gasteiger partial charge is 0.0195 e. The van der Waals surface area contributed by atoms with Gasteiger partial charge in [-0.05, 0) is 6.54 Å². The van der Waals surface area contributed by atoms with Crippen LogP contribution in [0.5, 0.6) is 0 Å². The summed E-state index contributed by atoms with van der Waals surface area (Å²) in [5.41, 5.74) is 4.85. The molecule has 0 saturated heterocycles. The average molecular weight is 110 g/mol. The molecule has 0 heterocycles. The van der Waals surface area contributed by atoms with Gasteiger partial charge in [0, 0.05) is 5.88 Å². The maximum absolute atomic E-state index is 5.00. The van der Waals surface area contributed by atoms with E-state index in [1.807, 2.05) is 13.8 Å². The third-order valence-corrected chi connectivity index (χ3v) is 0. The fourth-order valence-corrected chi connectivity index (χ4v) is 0. The van der Waals surface area contributed by atoms with Gasteiger partial charge in [-0.1, -0.05) is 13.8 Å². The number of hydrogen-bond acceptors (Lipinski definition) is 1. The van der Waals surface area contributed by atoms with Crippen LogP contribution in [0.2, 0.25) is 0 Å². The molecule has 2 heteroatoms. The molecule has 0 aliphatic rings. The summed E-state index contributed by atoms with van der Waals surface area (Å²) in [7, 11) is 0. The fraction of sp³-hybridized carbons (Fsp3) is 1.00. The molecule has 40 valence electrons. The molecule has 0 aromatic heterocycles. The van der Waals surface area contributed by atoms with Gasteiger partial charge in [0.25, 0.3) is 0 Å². The summed E-state index contributed by atoms with van der Waals surface area (Å²) in [4.78, 5) is 0. The molecular formula is C4H12ClN. The minimum absolute atomic E-state index is 0.722. The maximum atomic E-state index is 5.00. The summed E-state index contributed by atoms with van der Waals surface area (Å²) >= 11 is 5.00. The van der Waals surface area contributed by atoms with Gasteiger partial charge in [-0.25, -0.2) is 0 Å². The third kappa shape index (κ3) is 718. The molecule has 0 spiro atoms. The van der Waals surface area contributed by atoms with Crippen molar-refractivity contribution in [3.63, 3.8) is 0 Å². The lowest BCUT2D eigenvalue weighted by molar-refractivity contribution is 1.14. The standard InChI is InChI=1S/C2H5Cl.C2H7N/c2*1-2-3/h2H2,1H3;2-3H2,1H3. The van der Waals surface area contributed by atoms with E-state index in [9.17, 15) is 0 Å². The fourth-order valence-electron chi connectivity index (χ4n) is 0. The van der Waals surface area contributed by atoms with Gasteiger partial charge in [-0.2, -0.15) is 0 Å². The van der Waals surface area contributed by atoms with E-state index in [-0.39, 0.29) is 0 Å². The van der Waals surface area contributed by atoms with E-state index in [2.05, 4.69) is 0 Å². The lowest BCUT2D eigenvalue weighted by atomic mass is 10.8. The van der Waals surface area contributed by atoms with Crippen LogP contribution in [0.15, 0.2) is 0 Å². The third-order valence-electron chi connectivity index (χ3n) is 0. The first kappa shape index (κ1) is 9.54. The second-order valence-electron chi connectivity index (χ2n) is 0.676. The molecule has 0 saturated carbocycles. The lowest BCUT2D eigenvalue weighted by Crippen LogP contribution is -1.87. The van der Waals surface area contributed by atoms with Gasteiger partial charge in [0.15, 0.2) is 0 Å². The molecule has 0 amide bonds. The van der Waals surface area contributed by atoms with Gasteiger partial charge >= 0.3 is 0 Å². The van der Waals surface area contributed by atoms with Crippen LogP contribution in [0.25, 0.3) is 0 Å². The summed E-state index contributed by atoms with van der Waals surface area (Å²) < 4.78 is 0. The zero-order valence-corrected chi connectivity index (χ0v) is 5.13. The Labute approximate surface area is 44.5 Å². The van der Waals surface area contributed by atoms with Gasteiger partial charge in [-0.15, -0.1) is 11.6 Å². The lowest BCUT2D eigenvalue weighted by Gasteiger charge is -1.53. The first-order valence-electron chi connectivity index (χ1n) is 2.09. The molecule has 6 heavy (non-hydrogen) atoms. The van der Waals surface area contributed by atoms with Gasteiger partial charge in [-0.3, -0.25) is 0 Å². The van der Waals surface area contributed by atoms with Crippen LogP contribution in [-0.4, -0.2) is 12.4 Å². The highest BCUT2D eigenvalue weighted by Gasteiger charge is 1.38. The highest BCUT2D eigenvalue weighted by molar-refractivity contribution is 6.17. The topological polar surface area (TPSA) is 26.0 Å². The normalized spacial score (nSPS) is 6.00. The van der Waals surface area contributed by atoms with Crippen LogP contribution in [0.1, 0.15) is 13.8 Å². The molecular weight excluding hydrogens is 97.5 g/mol. The number of alkyl halides is 1. The van der Waals surface area contributed by atoms with E-state index in [4.69, 9.17) is 17.3 Å². The van der Waals surface area contributed by atoms with E-state index in [1.54, 1.807) is 0 Å². The first-order chi connectivity index (χ1) is 2.83. The Morgan fingerprint density at radius 3 is 1.50 bits per heavy atom. The SMILES string of the molecule is CCCl.CCN. The minimum Gasteiger partial charge on any atom is -0.331 e. The van der Waals surface area contributed by atoms with Gasteiger partial charge in [0.2, 0.25) is 0 Å². The first-order valence-corrected chi connectivity index (χ1v) is 2.62. The Balaban J connectivity index is 0. The van der Waals surface area contributed by atoms with Crippen LogP contribution in [0, 0.1) is 0 Å². The van der Waals surface area contributed by atoms with Crippen LogP contribution in [0.4, 0.5) is 0 Å². The number of halogens is 1. The summed E-state index contributed by atoms with van der Waals surface area (Å²) in [6.45, 7) is 4.54. The zero-order valence-electron chi connectivity index (χ0n) is 4.37. The molecule has 0 rings (SSSR count). The largest absolute Gasteiger partial charge is 0.331 e. The second kappa shape index (κ2) is 18.7. The van der Waals surface area contributed by atoms with E-state index in [0.29, 0.717) is 0 Å². The molecule has 1 nitrogen and oxygen atoms in total. The van der Waals surface area contributed by atoms with Crippen molar-refractivity contribution in [2.24, 2.45) is 5.73 Å². The Morgan fingerprint density at radius 2 is 1.50 bits per heavy atom. The van der Waals surface area contributed by atoms with Crippen molar-refractivity contribution < 1.29 is 0 Å². The molecule has 0 aromatic carbocycles. The Hall–Kier alpha value is 0.250. The Morgan fingerprint density at radius 1 is 1.50 bits per heavy atom. The number of rotatable bonds is 0. The maximum Gasteiger partial charge on any atom is 0.0195 e. The van der Waals surface area contributed by atoms with Crippen LogP contribution >= 0.6 is 11.6 Å². The van der Waals surface area contributed by atoms with Crippen LogP contribution in [0.3, 0.4) is 0 Å². The summed E-state index contributed by atoms with van der Waals surface area (Å²) in [6, 6.07) is 0. The van der Waals surface area contributed by atoms with E-state index >= 15 is 0 Å². The number of hydrogen-bond donors (Lipinski definition) is 1. The predicted octanol–water partition coefficient (Wildman–Crippen LogP) is 1.21. The van der Waals surface area contributed by atoms with Crippen molar-refractivity contribution >= 4 is 11.6 Å². The van der Waals surface area contributed by atoms with E-state index < -0.39 is 0 Å². The quantitative estimate of drug-likeness (QED) is 0.465. The molecule has 0 bridgehead atoms. The molecule has 2 N–H and O–H groups in total.